The molecule has 0 aliphatic carbocycles. The van der Waals surface area contributed by atoms with Crippen LogP contribution in [-0.4, -0.2) is 48.8 Å². The average Bonchev–Trinajstić information content (AvgIpc) is 2.86. The molecule has 0 atom stereocenters. The van der Waals surface area contributed by atoms with E-state index in [1.165, 1.54) is 0 Å². The van der Waals surface area contributed by atoms with Crippen LogP contribution < -0.4 is 0 Å². The molecule has 1 aromatic rings. The fraction of sp³-hybridized carbons (Fsp3) is 0.714. The molecule has 0 N–H and O–H groups in total. The summed E-state index contributed by atoms with van der Waals surface area (Å²) in [7, 11) is 0. The maximum Gasteiger partial charge on any atom is 0.312 e. The van der Waals surface area contributed by atoms with Gasteiger partial charge in [0.05, 0.1) is 31.9 Å². The van der Waals surface area contributed by atoms with E-state index in [2.05, 4.69) is 5.10 Å². The van der Waals surface area contributed by atoms with Crippen molar-refractivity contribution in [2.24, 2.45) is 0 Å². The third-order valence-electron chi connectivity index (χ3n) is 2.58. The van der Waals surface area contributed by atoms with Gasteiger partial charge in [0.1, 0.15) is 6.61 Å². The van der Waals surface area contributed by atoms with E-state index < -0.39 is 0 Å². The van der Waals surface area contributed by atoms with Gasteiger partial charge in [0.15, 0.2) is 0 Å². The van der Waals surface area contributed by atoms with Crippen molar-refractivity contribution in [3.63, 3.8) is 0 Å². The molecule has 0 spiro atoms. The van der Waals surface area contributed by atoms with Crippen LogP contribution in [0.25, 0.3) is 0 Å². The summed E-state index contributed by atoms with van der Waals surface area (Å²) < 4.78 is 17.3. The van der Waals surface area contributed by atoms with Crippen molar-refractivity contribution in [3.05, 3.63) is 18.0 Å². The molecule has 6 nitrogen and oxygen atoms in total. The van der Waals surface area contributed by atoms with E-state index in [1.807, 2.05) is 37.7 Å². The molecule has 0 saturated heterocycles. The number of aromatic nitrogens is 2. The van der Waals surface area contributed by atoms with E-state index in [-0.39, 0.29) is 19.0 Å². The number of ether oxygens (including phenoxy) is 3. The molecule has 6 heteroatoms. The number of hydrogen-bond donors (Lipinski definition) is 0. The minimum atomic E-state index is -0.285. The minimum absolute atomic E-state index is 0.193. The van der Waals surface area contributed by atoms with Crippen molar-refractivity contribution in [2.45, 2.75) is 33.2 Å². The van der Waals surface area contributed by atoms with Crippen LogP contribution in [0.5, 0.6) is 0 Å². The van der Waals surface area contributed by atoms with Crippen molar-refractivity contribution in [3.8, 4) is 0 Å². The van der Waals surface area contributed by atoms with Gasteiger partial charge in [-0.05, 0) is 26.8 Å². The molecule has 20 heavy (non-hydrogen) atoms. The lowest BCUT2D eigenvalue weighted by Gasteiger charge is -2.06. The first-order valence-corrected chi connectivity index (χ1v) is 6.98. The van der Waals surface area contributed by atoms with Crippen LogP contribution in [0.2, 0.25) is 0 Å². The Morgan fingerprint density at radius 2 is 1.95 bits per heavy atom. The Labute approximate surface area is 120 Å². The van der Waals surface area contributed by atoms with E-state index in [0.717, 1.165) is 5.69 Å². The van der Waals surface area contributed by atoms with Gasteiger partial charge in [0.2, 0.25) is 0 Å². The Kier molecular flexibility index (Phi) is 7.91. The zero-order valence-corrected chi connectivity index (χ0v) is 12.5. The van der Waals surface area contributed by atoms with Gasteiger partial charge in [-0.1, -0.05) is 0 Å². The van der Waals surface area contributed by atoms with Gasteiger partial charge >= 0.3 is 5.97 Å². The van der Waals surface area contributed by atoms with Crippen LogP contribution in [-0.2, 0) is 25.4 Å². The van der Waals surface area contributed by atoms with Gasteiger partial charge in [-0.2, -0.15) is 5.10 Å². The standard InChI is InChI=1S/C14H24N2O4/c1-4-18-7-8-19-9-10-20-14(17)11-13-5-6-16(15-13)12(2)3/h5-6,12H,4,7-11H2,1-3H3. The lowest BCUT2D eigenvalue weighted by molar-refractivity contribution is -0.144. The summed E-state index contributed by atoms with van der Waals surface area (Å²) >= 11 is 0. The number of rotatable bonds is 10. The van der Waals surface area contributed by atoms with Crippen molar-refractivity contribution in [1.82, 2.24) is 9.78 Å². The van der Waals surface area contributed by atoms with Crippen molar-refractivity contribution in [1.29, 1.82) is 0 Å². The highest BCUT2D eigenvalue weighted by Crippen LogP contribution is 2.05. The van der Waals surface area contributed by atoms with Crippen LogP contribution >= 0.6 is 0 Å². The summed E-state index contributed by atoms with van der Waals surface area (Å²) in [6.45, 7) is 8.42. The molecule has 0 aliphatic rings. The normalized spacial score (nSPS) is 11.0. The van der Waals surface area contributed by atoms with E-state index in [0.29, 0.717) is 32.5 Å². The third kappa shape index (κ3) is 6.68. The maximum atomic E-state index is 11.6. The average molecular weight is 284 g/mol. The van der Waals surface area contributed by atoms with E-state index in [1.54, 1.807) is 0 Å². The summed E-state index contributed by atoms with van der Waals surface area (Å²) in [6, 6.07) is 2.12. The highest BCUT2D eigenvalue weighted by atomic mass is 16.6. The second kappa shape index (κ2) is 9.50. The second-order valence-electron chi connectivity index (χ2n) is 4.59. The van der Waals surface area contributed by atoms with Crippen molar-refractivity contribution < 1.29 is 19.0 Å². The molecule has 0 bridgehead atoms. The number of hydrogen-bond acceptors (Lipinski definition) is 5. The molecule has 0 aliphatic heterocycles. The first kappa shape index (κ1) is 16.7. The lowest BCUT2D eigenvalue weighted by Crippen LogP contribution is -2.14. The van der Waals surface area contributed by atoms with Crippen molar-refractivity contribution >= 4 is 5.97 Å². The zero-order valence-electron chi connectivity index (χ0n) is 12.5. The summed E-state index contributed by atoms with van der Waals surface area (Å²) in [5.74, 6) is -0.285. The predicted molar refractivity (Wildman–Crippen MR) is 74.6 cm³/mol. The molecule has 114 valence electrons. The van der Waals surface area contributed by atoms with E-state index in [4.69, 9.17) is 14.2 Å². The number of nitrogens with zero attached hydrogens (tertiary/aromatic N) is 2. The lowest BCUT2D eigenvalue weighted by atomic mass is 10.3. The summed E-state index contributed by atoms with van der Waals surface area (Å²) in [4.78, 5) is 11.6. The summed E-state index contributed by atoms with van der Waals surface area (Å²) in [5.41, 5.74) is 0.723. The SMILES string of the molecule is CCOCCOCCOC(=O)Cc1ccn(C(C)C)n1. The Hall–Kier alpha value is -1.40. The Bertz CT molecular complexity index is 390. The van der Waals surface area contributed by atoms with Gasteiger partial charge in [0, 0.05) is 18.8 Å². The molecular formula is C14H24N2O4. The highest BCUT2D eigenvalue weighted by molar-refractivity contribution is 5.71. The number of esters is 1. The van der Waals surface area contributed by atoms with Gasteiger partial charge in [-0.3, -0.25) is 9.48 Å². The molecule has 0 saturated carbocycles. The molecule has 0 fully saturated rings. The fourth-order valence-corrected chi connectivity index (χ4v) is 1.54. The number of carbonyl (C=O) groups is 1. The van der Waals surface area contributed by atoms with Crippen LogP contribution in [0.4, 0.5) is 0 Å². The van der Waals surface area contributed by atoms with Gasteiger partial charge in [-0.15, -0.1) is 0 Å². The topological polar surface area (TPSA) is 62.6 Å². The van der Waals surface area contributed by atoms with Gasteiger partial charge in [-0.25, -0.2) is 0 Å². The minimum Gasteiger partial charge on any atom is -0.463 e. The van der Waals surface area contributed by atoms with Crippen LogP contribution in [0.1, 0.15) is 32.5 Å². The van der Waals surface area contributed by atoms with E-state index in [9.17, 15) is 4.79 Å². The summed E-state index contributed by atoms with van der Waals surface area (Å²) in [5, 5.41) is 4.30. The monoisotopic (exact) mass is 284 g/mol. The second-order valence-corrected chi connectivity index (χ2v) is 4.59. The van der Waals surface area contributed by atoms with Crippen molar-refractivity contribution in [2.75, 3.05) is 33.0 Å². The van der Waals surface area contributed by atoms with Crippen LogP contribution in [0.3, 0.4) is 0 Å². The Balaban J connectivity index is 2.10. The third-order valence-corrected chi connectivity index (χ3v) is 2.58. The first-order valence-electron chi connectivity index (χ1n) is 6.98. The zero-order chi connectivity index (χ0) is 14.8. The first-order chi connectivity index (χ1) is 9.63. The van der Waals surface area contributed by atoms with Crippen LogP contribution in [0.15, 0.2) is 12.3 Å². The summed E-state index contributed by atoms with van der Waals surface area (Å²) in [6.07, 6.45) is 2.06. The largest absolute Gasteiger partial charge is 0.463 e. The van der Waals surface area contributed by atoms with E-state index >= 15 is 0 Å². The van der Waals surface area contributed by atoms with Crippen LogP contribution in [0, 0.1) is 0 Å². The molecule has 0 amide bonds. The Morgan fingerprint density at radius 1 is 1.25 bits per heavy atom. The Morgan fingerprint density at radius 3 is 2.60 bits per heavy atom. The smallest absolute Gasteiger partial charge is 0.312 e. The fourth-order valence-electron chi connectivity index (χ4n) is 1.54. The molecule has 1 aromatic heterocycles. The molecule has 0 unspecified atom stereocenters. The number of carbonyl (C=O) groups excluding carboxylic acids is 1. The quantitative estimate of drug-likeness (QED) is 0.482. The molecule has 1 rings (SSSR count). The predicted octanol–water partition coefficient (Wildman–Crippen LogP) is 1.60. The molecule has 0 radical (unpaired) electrons. The highest BCUT2D eigenvalue weighted by Gasteiger charge is 2.08. The maximum absolute atomic E-state index is 11.6. The molecule has 0 aromatic carbocycles. The van der Waals surface area contributed by atoms with Gasteiger partial charge < -0.3 is 14.2 Å². The molecule has 1 heterocycles. The molecular weight excluding hydrogens is 260 g/mol. The van der Waals surface area contributed by atoms with Gasteiger partial charge in [0.25, 0.3) is 0 Å².